The van der Waals surface area contributed by atoms with Gasteiger partial charge in [0, 0.05) is 46.3 Å². The molecule has 0 aliphatic rings. The van der Waals surface area contributed by atoms with Gasteiger partial charge < -0.3 is 0 Å². The Morgan fingerprint density at radius 2 is 0.945 bits per heavy atom. The molecule has 0 nitrogen and oxygen atoms in total. The van der Waals surface area contributed by atoms with Crippen LogP contribution in [0.15, 0.2) is 176 Å². The largest absolute Gasteiger partial charge is 0.134 e. The Bertz CT molecular complexity index is 3290. The summed E-state index contributed by atoms with van der Waals surface area (Å²) in [5, 5.41) is 11.5. The highest BCUT2D eigenvalue weighted by Crippen LogP contribution is 2.52. The van der Waals surface area contributed by atoms with Crippen LogP contribution in [0.5, 0.6) is 0 Å². The van der Waals surface area contributed by atoms with E-state index in [9.17, 15) is 0 Å². The second kappa shape index (κ2) is 12.6. The lowest BCUT2D eigenvalue weighted by Crippen LogP contribution is -1.92. The van der Waals surface area contributed by atoms with Crippen LogP contribution < -0.4 is 0 Å². The van der Waals surface area contributed by atoms with Crippen LogP contribution in [0.1, 0.15) is 10.4 Å². The molecular weight excluding hydrogens is 701 g/mol. The predicted octanol–water partition coefficient (Wildman–Crippen LogP) is 16.3. The average Bonchev–Trinajstić information content (AvgIpc) is 3.80. The van der Waals surface area contributed by atoms with E-state index >= 15 is 0 Å². The molecule has 11 rings (SSSR count). The van der Waals surface area contributed by atoms with E-state index in [-0.39, 0.29) is 0 Å². The molecule has 0 N–H and O–H groups in total. The lowest BCUT2D eigenvalue weighted by atomic mass is 9.84. The van der Waals surface area contributed by atoms with E-state index in [1.54, 1.807) is 0 Å². The molecule has 11 aromatic rings. The van der Waals surface area contributed by atoms with E-state index in [1.807, 2.05) is 22.7 Å². The zero-order chi connectivity index (χ0) is 36.6. The summed E-state index contributed by atoms with van der Waals surface area (Å²) in [6.45, 7) is 6.54. The summed E-state index contributed by atoms with van der Waals surface area (Å²) in [4.78, 5) is 1.21. The summed E-state index contributed by atoms with van der Waals surface area (Å²) < 4.78 is 3.96. The molecule has 258 valence electrons. The minimum atomic E-state index is 1.21. The fourth-order valence-electron chi connectivity index (χ4n) is 8.97. The Balaban J connectivity index is 1.23. The maximum atomic E-state index is 4.32. The van der Waals surface area contributed by atoms with Crippen molar-refractivity contribution < 1.29 is 0 Å². The van der Waals surface area contributed by atoms with Crippen LogP contribution in [-0.4, -0.2) is 0 Å². The van der Waals surface area contributed by atoms with Gasteiger partial charge in [-0.1, -0.05) is 164 Å². The van der Waals surface area contributed by atoms with E-state index in [1.165, 1.54) is 118 Å². The topological polar surface area (TPSA) is 0 Å². The number of aryl methyl sites for hydroxylation is 1. The Labute approximate surface area is 327 Å². The summed E-state index contributed by atoms with van der Waals surface area (Å²) in [6, 6.07) is 62.9. The number of fused-ring (bicyclic) bond motifs is 7. The highest BCUT2D eigenvalue weighted by atomic mass is 32.1. The normalized spacial score (nSPS) is 11.8. The molecule has 0 fully saturated rings. The van der Waals surface area contributed by atoms with Gasteiger partial charge in [-0.05, 0) is 96.4 Å². The summed E-state index contributed by atoms with van der Waals surface area (Å²) >= 11 is 3.78. The third-order valence-corrected chi connectivity index (χ3v) is 13.8. The third-order valence-electron chi connectivity index (χ3n) is 11.4. The van der Waals surface area contributed by atoms with E-state index < -0.39 is 0 Å². The van der Waals surface area contributed by atoms with Crippen LogP contribution in [0.2, 0.25) is 0 Å². The lowest BCUT2D eigenvalue weighted by molar-refractivity contribution is 1.47. The number of rotatable bonds is 5. The molecule has 0 bridgehead atoms. The van der Waals surface area contributed by atoms with Gasteiger partial charge in [-0.25, -0.2) is 0 Å². The Kier molecular flexibility index (Phi) is 7.38. The molecule has 0 radical (unpaired) electrons. The molecule has 0 spiro atoms. The molecule has 0 unspecified atom stereocenters. The first-order chi connectivity index (χ1) is 27.2. The summed E-state index contributed by atoms with van der Waals surface area (Å²) in [6.07, 6.45) is 2.05. The molecule has 0 atom stereocenters. The van der Waals surface area contributed by atoms with E-state index in [2.05, 4.69) is 189 Å². The van der Waals surface area contributed by atoms with Crippen molar-refractivity contribution in [2.24, 2.45) is 0 Å². The van der Waals surface area contributed by atoms with Gasteiger partial charge in [0.25, 0.3) is 0 Å². The summed E-state index contributed by atoms with van der Waals surface area (Å²) in [7, 11) is 0. The monoisotopic (exact) mass is 734 g/mol. The molecule has 0 amide bonds. The van der Waals surface area contributed by atoms with Crippen molar-refractivity contribution in [3.8, 4) is 44.5 Å². The Morgan fingerprint density at radius 1 is 0.400 bits per heavy atom. The van der Waals surface area contributed by atoms with E-state index in [0.29, 0.717) is 0 Å². The standard InChI is InChI=1S/C53H34S2/c1-3-46-51(36-21-6-4-16-32(36)2)45-31-44-38-23-12-13-29-47(38)55-52(44)49(53(45)54-46)35-20-14-19-34(30-35)48-40-24-8-10-26-42(40)50(43-27-11-9-25-41(43)48)39-28-15-18-33-17-5-7-22-37(33)39/h3-31H,1H2,2H3. The minimum absolute atomic E-state index is 1.21. The highest BCUT2D eigenvalue weighted by molar-refractivity contribution is 7.27. The van der Waals surface area contributed by atoms with Gasteiger partial charge in [-0.15, -0.1) is 22.7 Å². The first kappa shape index (κ1) is 32.1. The minimum Gasteiger partial charge on any atom is -0.134 e. The van der Waals surface area contributed by atoms with Gasteiger partial charge in [0.15, 0.2) is 0 Å². The number of hydrogen-bond acceptors (Lipinski definition) is 2. The van der Waals surface area contributed by atoms with Gasteiger partial charge in [0.2, 0.25) is 0 Å². The van der Waals surface area contributed by atoms with E-state index in [4.69, 9.17) is 0 Å². The number of benzene rings is 9. The quantitative estimate of drug-likeness (QED) is 0.154. The zero-order valence-electron chi connectivity index (χ0n) is 30.3. The maximum Gasteiger partial charge on any atom is 0.0448 e. The smallest absolute Gasteiger partial charge is 0.0448 e. The molecule has 0 aliphatic heterocycles. The highest BCUT2D eigenvalue weighted by Gasteiger charge is 2.23. The molecule has 55 heavy (non-hydrogen) atoms. The fraction of sp³-hybridized carbons (Fsp3) is 0.0189. The first-order valence-electron chi connectivity index (χ1n) is 18.8. The van der Waals surface area contributed by atoms with Gasteiger partial charge in [-0.3, -0.25) is 0 Å². The van der Waals surface area contributed by atoms with E-state index in [0.717, 1.165) is 0 Å². The SMILES string of the molecule is C=Cc1sc2c(-c3cccc(-c4c5ccccc5c(-c5cccc6ccccc56)c5ccccc45)c3)c3sc4ccccc4c3cc2c1-c1ccccc1C. The van der Waals surface area contributed by atoms with Crippen molar-refractivity contribution >= 4 is 91.3 Å². The van der Waals surface area contributed by atoms with Gasteiger partial charge >= 0.3 is 0 Å². The molecule has 0 saturated carbocycles. The summed E-state index contributed by atoms with van der Waals surface area (Å²) in [5.41, 5.74) is 11.4. The number of hydrogen-bond donors (Lipinski definition) is 0. The molecule has 0 saturated heterocycles. The van der Waals surface area contributed by atoms with Crippen molar-refractivity contribution in [3.05, 3.63) is 187 Å². The molecule has 9 aromatic carbocycles. The van der Waals surface area contributed by atoms with Gasteiger partial charge in [0.05, 0.1) is 0 Å². The molecule has 0 aliphatic carbocycles. The number of thiophene rings is 2. The second-order valence-electron chi connectivity index (χ2n) is 14.4. The van der Waals surface area contributed by atoms with Crippen molar-refractivity contribution in [3.63, 3.8) is 0 Å². The lowest BCUT2D eigenvalue weighted by Gasteiger charge is -2.19. The zero-order valence-corrected chi connectivity index (χ0v) is 31.9. The molecule has 2 heteroatoms. The predicted molar refractivity (Wildman–Crippen MR) is 244 cm³/mol. The van der Waals surface area contributed by atoms with Crippen LogP contribution in [0.4, 0.5) is 0 Å². The average molecular weight is 735 g/mol. The third kappa shape index (κ3) is 4.89. The van der Waals surface area contributed by atoms with Crippen LogP contribution >= 0.6 is 22.7 Å². The Hall–Kier alpha value is -6.32. The van der Waals surface area contributed by atoms with Crippen molar-refractivity contribution in [1.29, 1.82) is 0 Å². The van der Waals surface area contributed by atoms with Crippen molar-refractivity contribution in [2.75, 3.05) is 0 Å². The molecule has 2 aromatic heterocycles. The first-order valence-corrected chi connectivity index (χ1v) is 20.4. The summed E-state index contributed by atoms with van der Waals surface area (Å²) in [5.74, 6) is 0. The Morgan fingerprint density at radius 3 is 1.67 bits per heavy atom. The fourth-order valence-corrected chi connectivity index (χ4v) is 11.5. The van der Waals surface area contributed by atoms with Crippen LogP contribution in [-0.2, 0) is 0 Å². The van der Waals surface area contributed by atoms with Gasteiger partial charge in [0.1, 0.15) is 0 Å². The van der Waals surface area contributed by atoms with Crippen molar-refractivity contribution in [1.82, 2.24) is 0 Å². The molecular formula is C53H34S2. The molecule has 2 heterocycles. The van der Waals surface area contributed by atoms with Crippen molar-refractivity contribution in [2.45, 2.75) is 6.92 Å². The maximum absolute atomic E-state index is 4.32. The van der Waals surface area contributed by atoms with Gasteiger partial charge in [-0.2, -0.15) is 0 Å². The second-order valence-corrected chi connectivity index (χ2v) is 16.5. The van der Waals surface area contributed by atoms with Crippen LogP contribution in [0.3, 0.4) is 0 Å². The van der Waals surface area contributed by atoms with Crippen LogP contribution in [0, 0.1) is 6.92 Å². The van der Waals surface area contributed by atoms with Crippen LogP contribution in [0.25, 0.3) is 113 Å².